The Labute approximate surface area is 188 Å². The first kappa shape index (κ1) is 21.2. The van der Waals surface area contributed by atoms with Crippen molar-refractivity contribution < 1.29 is 26.9 Å². The Kier molecular flexibility index (Phi) is 5.66. The Hall–Kier alpha value is -3.00. The van der Waals surface area contributed by atoms with E-state index < -0.39 is 10.1 Å². The fraction of sp³-hybridized carbons (Fsp3) is 0.0455. The number of fused-ring (bicyclic) bond motifs is 1. The van der Waals surface area contributed by atoms with Gasteiger partial charge in [-0.15, -0.1) is 0 Å². The molecule has 3 aromatic rings. The summed E-state index contributed by atoms with van der Waals surface area (Å²) < 4.78 is 40.9. The third-order valence-corrected chi connectivity index (χ3v) is 6.44. The second-order valence-corrected chi connectivity index (χ2v) is 8.84. The predicted octanol–water partition coefficient (Wildman–Crippen LogP) is 5.39. The predicted molar refractivity (Wildman–Crippen MR) is 117 cm³/mol. The van der Waals surface area contributed by atoms with Crippen LogP contribution in [0.4, 0.5) is 0 Å². The molecule has 0 N–H and O–H groups in total. The van der Waals surface area contributed by atoms with E-state index in [9.17, 15) is 13.2 Å². The van der Waals surface area contributed by atoms with Crippen LogP contribution in [-0.2, 0) is 10.1 Å². The lowest BCUT2D eigenvalue weighted by Gasteiger charge is -2.08. The van der Waals surface area contributed by atoms with Crippen LogP contribution in [0.5, 0.6) is 17.2 Å². The molecule has 1 heterocycles. The maximum Gasteiger partial charge on any atom is 0.339 e. The molecule has 0 unspecified atom stereocenters. The minimum Gasteiger partial charge on any atom is -0.497 e. The molecule has 6 nitrogen and oxygen atoms in total. The summed E-state index contributed by atoms with van der Waals surface area (Å²) in [7, 11) is -2.60. The van der Waals surface area contributed by atoms with Crippen LogP contribution >= 0.6 is 23.2 Å². The van der Waals surface area contributed by atoms with Crippen molar-refractivity contribution in [3.05, 3.63) is 87.6 Å². The number of hydrogen-bond acceptors (Lipinski definition) is 6. The average molecular weight is 477 g/mol. The number of benzene rings is 3. The van der Waals surface area contributed by atoms with Crippen molar-refractivity contribution in [3.8, 4) is 17.2 Å². The van der Waals surface area contributed by atoms with E-state index in [1.54, 1.807) is 18.2 Å². The van der Waals surface area contributed by atoms with Gasteiger partial charge in [0.05, 0.1) is 22.7 Å². The van der Waals surface area contributed by atoms with Gasteiger partial charge in [-0.2, -0.15) is 8.42 Å². The molecule has 3 aromatic carbocycles. The normalized spacial score (nSPS) is 14.3. The van der Waals surface area contributed by atoms with E-state index >= 15 is 0 Å². The van der Waals surface area contributed by atoms with Crippen molar-refractivity contribution in [2.75, 3.05) is 7.11 Å². The van der Waals surface area contributed by atoms with Gasteiger partial charge in [0.2, 0.25) is 5.78 Å². The van der Waals surface area contributed by atoms with Gasteiger partial charge in [0.1, 0.15) is 22.1 Å². The molecule has 0 amide bonds. The number of allylic oxidation sites excluding steroid dienone is 1. The lowest BCUT2D eigenvalue weighted by Crippen LogP contribution is -2.09. The topological polar surface area (TPSA) is 78.9 Å². The second-order valence-electron chi connectivity index (χ2n) is 6.48. The van der Waals surface area contributed by atoms with Gasteiger partial charge >= 0.3 is 10.1 Å². The van der Waals surface area contributed by atoms with Crippen LogP contribution in [0.25, 0.3) is 6.08 Å². The molecule has 4 rings (SSSR count). The number of carbonyl (C=O) groups excluding carboxylic acids is 1. The minimum atomic E-state index is -4.08. The van der Waals surface area contributed by atoms with Crippen LogP contribution in [0.1, 0.15) is 15.9 Å². The second kappa shape index (κ2) is 8.26. The first-order chi connectivity index (χ1) is 14.8. The molecule has 0 atom stereocenters. The monoisotopic (exact) mass is 476 g/mol. The summed E-state index contributed by atoms with van der Waals surface area (Å²) in [4.78, 5) is 12.6. The van der Waals surface area contributed by atoms with Crippen molar-refractivity contribution in [2.45, 2.75) is 4.90 Å². The fourth-order valence-corrected chi connectivity index (χ4v) is 4.12. The highest BCUT2D eigenvalue weighted by molar-refractivity contribution is 7.87. The molecule has 31 heavy (non-hydrogen) atoms. The smallest absolute Gasteiger partial charge is 0.339 e. The molecule has 0 bridgehead atoms. The molecule has 0 fully saturated rings. The first-order valence-electron chi connectivity index (χ1n) is 8.89. The average Bonchev–Trinajstić information content (AvgIpc) is 3.05. The van der Waals surface area contributed by atoms with Gasteiger partial charge in [-0.05, 0) is 60.2 Å². The highest BCUT2D eigenvalue weighted by atomic mass is 35.5. The molecule has 1 aliphatic heterocycles. The number of Topliss-reactive ketones (excluding diaryl/α,β-unsaturated/α-hetero) is 1. The summed E-state index contributed by atoms with van der Waals surface area (Å²) in [5, 5.41) is 0.740. The number of methoxy groups -OCH3 is 1. The molecule has 9 heteroatoms. The van der Waals surface area contributed by atoms with Crippen molar-refractivity contribution in [2.24, 2.45) is 0 Å². The third kappa shape index (κ3) is 4.39. The summed E-state index contributed by atoms with van der Waals surface area (Å²) >= 11 is 11.9. The quantitative estimate of drug-likeness (QED) is 0.363. The molecule has 0 saturated heterocycles. The minimum absolute atomic E-state index is 0.0122. The zero-order valence-electron chi connectivity index (χ0n) is 16.0. The van der Waals surface area contributed by atoms with E-state index in [0.717, 1.165) is 0 Å². The van der Waals surface area contributed by atoms with Gasteiger partial charge < -0.3 is 13.7 Å². The number of ketones is 1. The number of halogens is 2. The van der Waals surface area contributed by atoms with Gasteiger partial charge in [-0.3, -0.25) is 4.79 Å². The van der Waals surface area contributed by atoms with Crippen molar-refractivity contribution in [1.82, 2.24) is 0 Å². The van der Waals surface area contributed by atoms with E-state index in [1.165, 1.54) is 55.7 Å². The Bertz CT molecular complexity index is 1310. The molecule has 0 aromatic heterocycles. The van der Waals surface area contributed by atoms with Gasteiger partial charge in [-0.1, -0.05) is 29.3 Å². The van der Waals surface area contributed by atoms with Gasteiger partial charge in [-0.25, -0.2) is 0 Å². The summed E-state index contributed by atoms with van der Waals surface area (Å²) in [6.07, 6.45) is 1.53. The van der Waals surface area contributed by atoms with E-state index in [1.807, 2.05) is 0 Å². The molecule has 158 valence electrons. The maximum absolute atomic E-state index is 12.6. The third-order valence-electron chi connectivity index (χ3n) is 4.44. The molecule has 0 aliphatic carbocycles. The standard InChI is InChI=1S/C22H14Cl2O6S/c1-28-14-3-6-16(7-4-14)31(26,27)30-15-5-8-17-20(12-15)29-21(22(17)25)11-13-2-9-18(23)19(24)10-13/h2-12H,1H3/b21-11-. The van der Waals surface area contributed by atoms with Gasteiger partial charge in [0, 0.05) is 6.07 Å². The Morgan fingerprint density at radius 1 is 0.903 bits per heavy atom. The molecular formula is C22H14Cl2O6S. The molecule has 0 radical (unpaired) electrons. The summed E-state index contributed by atoms with van der Waals surface area (Å²) in [6, 6.07) is 14.9. The van der Waals surface area contributed by atoms with E-state index in [0.29, 0.717) is 26.9 Å². The number of rotatable bonds is 5. The molecule has 0 spiro atoms. The van der Waals surface area contributed by atoms with Crippen molar-refractivity contribution >= 4 is 45.2 Å². The molecule has 1 aliphatic rings. The number of ether oxygens (including phenoxy) is 2. The lowest BCUT2D eigenvalue weighted by atomic mass is 10.1. The van der Waals surface area contributed by atoms with E-state index in [4.69, 9.17) is 36.9 Å². The Morgan fingerprint density at radius 2 is 1.61 bits per heavy atom. The van der Waals surface area contributed by atoms with E-state index in [-0.39, 0.29) is 27.9 Å². The summed E-state index contributed by atoms with van der Waals surface area (Å²) in [5.74, 6) is 0.454. The number of hydrogen-bond donors (Lipinski definition) is 0. The van der Waals surface area contributed by atoms with Crippen LogP contribution in [0.2, 0.25) is 10.0 Å². The van der Waals surface area contributed by atoms with Crippen molar-refractivity contribution in [3.63, 3.8) is 0 Å². The lowest BCUT2D eigenvalue weighted by molar-refractivity contribution is 0.101. The highest BCUT2D eigenvalue weighted by Gasteiger charge is 2.28. The van der Waals surface area contributed by atoms with Crippen LogP contribution in [0.3, 0.4) is 0 Å². The highest BCUT2D eigenvalue weighted by Crippen LogP contribution is 2.36. The van der Waals surface area contributed by atoms with Crippen LogP contribution in [0.15, 0.2) is 71.3 Å². The largest absolute Gasteiger partial charge is 0.497 e. The fourth-order valence-electron chi connectivity index (χ4n) is 2.89. The summed E-state index contributed by atoms with van der Waals surface area (Å²) in [6.45, 7) is 0. The van der Waals surface area contributed by atoms with Gasteiger partial charge in [0.25, 0.3) is 0 Å². The molecular weight excluding hydrogens is 463 g/mol. The van der Waals surface area contributed by atoms with Crippen LogP contribution in [-0.4, -0.2) is 21.3 Å². The number of carbonyl (C=O) groups is 1. The first-order valence-corrected chi connectivity index (χ1v) is 11.0. The van der Waals surface area contributed by atoms with Crippen LogP contribution in [0, 0.1) is 0 Å². The summed E-state index contributed by atoms with van der Waals surface area (Å²) in [5.41, 5.74) is 0.921. The molecule has 0 saturated carbocycles. The maximum atomic E-state index is 12.6. The Morgan fingerprint density at radius 3 is 2.29 bits per heavy atom. The van der Waals surface area contributed by atoms with Crippen LogP contribution < -0.4 is 13.7 Å². The zero-order valence-corrected chi connectivity index (χ0v) is 18.3. The van der Waals surface area contributed by atoms with Crippen molar-refractivity contribution in [1.29, 1.82) is 0 Å². The van der Waals surface area contributed by atoms with Gasteiger partial charge in [0.15, 0.2) is 5.76 Å². The zero-order chi connectivity index (χ0) is 22.2. The Balaban J connectivity index is 1.58. The SMILES string of the molecule is COc1ccc(S(=O)(=O)Oc2ccc3c(c2)O/C(=C\c2ccc(Cl)c(Cl)c2)C3=O)cc1. The van der Waals surface area contributed by atoms with E-state index in [2.05, 4.69) is 0 Å².